The lowest BCUT2D eigenvalue weighted by molar-refractivity contribution is -0.137. The number of unbranched alkanes of at least 4 members (excludes halogenated alkanes) is 2. The zero-order valence-corrected chi connectivity index (χ0v) is 20.2. The third-order valence-electron chi connectivity index (χ3n) is 5.26. The SMILES string of the molecule is O=C(O)CCCC/C=C(/c1ccc(CCNS(=O)(=O)c2ccc(Cl)cc2)cc1)c1cccnc1. The van der Waals surface area contributed by atoms with E-state index in [0.29, 0.717) is 17.9 Å². The first-order valence-electron chi connectivity index (χ1n) is 11.0. The fourth-order valence-corrected chi connectivity index (χ4v) is 4.63. The highest BCUT2D eigenvalue weighted by molar-refractivity contribution is 7.89. The van der Waals surface area contributed by atoms with E-state index in [0.717, 1.165) is 35.1 Å². The largest absolute Gasteiger partial charge is 0.481 e. The van der Waals surface area contributed by atoms with E-state index in [1.807, 2.05) is 42.6 Å². The van der Waals surface area contributed by atoms with Crippen molar-refractivity contribution < 1.29 is 18.3 Å². The number of hydrogen-bond acceptors (Lipinski definition) is 4. The van der Waals surface area contributed by atoms with E-state index in [1.165, 1.54) is 12.1 Å². The van der Waals surface area contributed by atoms with Gasteiger partial charge in [-0.05, 0) is 72.7 Å². The van der Waals surface area contributed by atoms with Crippen LogP contribution in [0.25, 0.3) is 5.57 Å². The van der Waals surface area contributed by atoms with E-state index in [2.05, 4.69) is 15.8 Å². The Morgan fingerprint density at radius 2 is 1.74 bits per heavy atom. The molecule has 2 N–H and O–H groups in total. The van der Waals surface area contributed by atoms with Gasteiger partial charge in [0.1, 0.15) is 0 Å². The summed E-state index contributed by atoms with van der Waals surface area (Å²) in [5, 5.41) is 9.30. The molecule has 3 rings (SSSR count). The fourth-order valence-electron chi connectivity index (χ4n) is 3.47. The zero-order valence-electron chi connectivity index (χ0n) is 18.7. The van der Waals surface area contributed by atoms with E-state index < -0.39 is 16.0 Å². The number of pyridine rings is 1. The summed E-state index contributed by atoms with van der Waals surface area (Å²) < 4.78 is 27.5. The van der Waals surface area contributed by atoms with Gasteiger partial charge in [-0.3, -0.25) is 9.78 Å². The number of halogens is 1. The van der Waals surface area contributed by atoms with Crippen molar-refractivity contribution in [1.29, 1.82) is 0 Å². The standard InChI is InChI=1S/C26H27ClN2O4S/c27-23-12-14-24(15-13-23)34(32,33)29-18-16-20-8-10-21(11-9-20)25(22-5-4-17-28-19-22)6-2-1-3-7-26(30)31/h4-6,8-15,17,19,29H,1-3,7,16,18H2,(H,30,31)/b25-6-. The van der Waals surface area contributed by atoms with Crippen LogP contribution >= 0.6 is 11.6 Å². The van der Waals surface area contributed by atoms with Crippen LogP contribution in [0.4, 0.5) is 0 Å². The minimum atomic E-state index is -3.59. The first-order valence-corrected chi connectivity index (χ1v) is 12.9. The molecule has 1 aromatic heterocycles. The molecule has 0 unspecified atom stereocenters. The highest BCUT2D eigenvalue weighted by atomic mass is 35.5. The van der Waals surface area contributed by atoms with Gasteiger partial charge in [-0.1, -0.05) is 48.0 Å². The second-order valence-corrected chi connectivity index (χ2v) is 10.0. The van der Waals surface area contributed by atoms with Crippen LogP contribution < -0.4 is 4.72 Å². The van der Waals surface area contributed by atoms with Crippen LogP contribution in [0.1, 0.15) is 42.4 Å². The van der Waals surface area contributed by atoms with Crippen molar-refractivity contribution in [3.8, 4) is 0 Å². The molecule has 2 aromatic carbocycles. The van der Waals surface area contributed by atoms with Crippen molar-refractivity contribution in [1.82, 2.24) is 9.71 Å². The average molecular weight is 499 g/mol. The third-order valence-corrected chi connectivity index (χ3v) is 6.99. The summed E-state index contributed by atoms with van der Waals surface area (Å²) in [5.41, 5.74) is 4.06. The molecule has 34 heavy (non-hydrogen) atoms. The van der Waals surface area contributed by atoms with Crippen LogP contribution in [0.3, 0.4) is 0 Å². The third kappa shape index (κ3) is 7.80. The quantitative estimate of drug-likeness (QED) is 0.329. The van der Waals surface area contributed by atoms with Crippen LogP contribution in [0, 0.1) is 0 Å². The molecule has 0 radical (unpaired) electrons. The van der Waals surface area contributed by atoms with Gasteiger partial charge in [0.15, 0.2) is 0 Å². The maximum absolute atomic E-state index is 12.4. The number of benzene rings is 2. The van der Waals surface area contributed by atoms with Gasteiger partial charge in [0.05, 0.1) is 4.90 Å². The minimum Gasteiger partial charge on any atom is -0.481 e. The molecule has 178 valence electrons. The van der Waals surface area contributed by atoms with Gasteiger partial charge >= 0.3 is 5.97 Å². The molecule has 0 fully saturated rings. The summed E-state index contributed by atoms with van der Waals surface area (Å²) in [5.74, 6) is -0.775. The van der Waals surface area contributed by atoms with E-state index in [1.54, 1.807) is 18.3 Å². The Bertz CT molecular complexity index is 1210. The van der Waals surface area contributed by atoms with Crippen LogP contribution in [-0.2, 0) is 21.2 Å². The topological polar surface area (TPSA) is 96.4 Å². The summed E-state index contributed by atoms with van der Waals surface area (Å²) in [6.07, 6.45) is 8.57. The lowest BCUT2D eigenvalue weighted by Crippen LogP contribution is -2.25. The number of rotatable bonds is 12. The van der Waals surface area contributed by atoms with Gasteiger partial charge in [-0.25, -0.2) is 13.1 Å². The monoisotopic (exact) mass is 498 g/mol. The Kier molecular flexibility index (Phi) is 9.39. The molecule has 0 spiro atoms. The molecule has 0 saturated heterocycles. The number of carboxylic acids is 1. The molecule has 0 atom stereocenters. The molecule has 8 heteroatoms. The Balaban J connectivity index is 1.64. The van der Waals surface area contributed by atoms with Crippen LogP contribution in [0.2, 0.25) is 5.02 Å². The summed E-state index contributed by atoms with van der Waals surface area (Å²) in [6, 6.07) is 17.9. The summed E-state index contributed by atoms with van der Waals surface area (Å²) in [4.78, 5) is 15.1. The van der Waals surface area contributed by atoms with Crippen molar-refractivity contribution >= 4 is 33.2 Å². The lowest BCUT2D eigenvalue weighted by atomic mass is 9.96. The second kappa shape index (κ2) is 12.5. The first-order chi connectivity index (χ1) is 16.3. The molecule has 0 amide bonds. The summed E-state index contributed by atoms with van der Waals surface area (Å²) >= 11 is 5.83. The normalized spacial score (nSPS) is 12.0. The van der Waals surface area contributed by atoms with Gasteiger partial charge in [-0.15, -0.1) is 0 Å². The van der Waals surface area contributed by atoms with Crippen molar-refractivity contribution in [2.24, 2.45) is 0 Å². The first kappa shape index (κ1) is 25.6. The van der Waals surface area contributed by atoms with E-state index in [9.17, 15) is 13.2 Å². The molecule has 0 aliphatic rings. The Morgan fingerprint density at radius 1 is 1.00 bits per heavy atom. The maximum Gasteiger partial charge on any atom is 0.303 e. The van der Waals surface area contributed by atoms with Gasteiger partial charge in [0.25, 0.3) is 0 Å². The van der Waals surface area contributed by atoms with Gasteiger partial charge < -0.3 is 5.11 Å². The van der Waals surface area contributed by atoms with Gasteiger partial charge in [0.2, 0.25) is 10.0 Å². The molecule has 6 nitrogen and oxygen atoms in total. The van der Waals surface area contributed by atoms with Crippen molar-refractivity contribution in [2.45, 2.75) is 37.0 Å². The van der Waals surface area contributed by atoms with E-state index in [-0.39, 0.29) is 17.9 Å². The van der Waals surface area contributed by atoms with Crippen LogP contribution in [0.15, 0.2) is 84.0 Å². The van der Waals surface area contributed by atoms with E-state index in [4.69, 9.17) is 16.7 Å². The predicted octanol–water partition coefficient (Wildman–Crippen LogP) is 5.33. The van der Waals surface area contributed by atoms with Gasteiger partial charge in [-0.2, -0.15) is 0 Å². The van der Waals surface area contributed by atoms with E-state index >= 15 is 0 Å². The highest BCUT2D eigenvalue weighted by Crippen LogP contribution is 2.24. The average Bonchev–Trinajstić information content (AvgIpc) is 2.82. The van der Waals surface area contributed by atoms with Crippen LogP contribution in [-0.4, -0.2) is 31.0 Å². The summed E-state index contributed by atoms with van der Waals surface area (Å²) in [7, 11) is -3.59. The second-order valence-electron chi connectivity index (χ2n) is 7.80. The zero-order chi connectivity index (χ0) is 24.4. The molecular weight excluding hydrogens is 472 g/mol. The van der Waals surface area contributed by atoms with Crippen LogP contribution in [0.5, 0.6) is 0 Å². The smallest absolute Gasteiger partial charge is 0.303 e. The minimum absolute atomic E-state index is 0.173. The van der Waals surface area contributed by atoms with Crippen molar-refractivity contribution in [3.05, 3.63) is 101 Å². The number of aromatic nitrogens is 1. The number of nitrogens with zero attached hydrogens (tertiary/aromatic N) is 1. The molecule has 0 bridgehead atoms. The highest BCUT2D eigenvalue weighted by Gasteiger charge is 2.13. The van der Waals surface area contributed by atoms with Gasteiger partial charge in [0, 0.05) is 35.9 Å². The number of carbonyl (C=O) groups is 1. The van der Waals surface area contributed by atoms with Crippen molar-refractivity contribution in [2.75, 3.05) is 6.54 Å². The Hall–Kier alpha value is -3.00. The molecular formula is C26H27ClN2O4S. The summed E-state index contributed by atoms with van der Waals surface area (Å²) in [6.45, 7) is 0.277. The number of allylic oxidation sites excluding steroid dienone is 1. The molecule has 0 aliphatic carbocycles. The number of carboxylic acid groups (broad SMARTS) is 1. The Labute approximate surface area is 205 Å². The predicted molar refractivity (Wildman–Crippen MR) is 134 cm³/mol. The molecule has 0 aliphatic heterocycles. The number of aliphatic carboxylic acids is 1. The number of hydrogen-bond donors (Lipinski definition) is 2. The molecule has 0 saturated carbocycles. The number of sulfonamides is 1. The Morgan fingerprint density at radius 3 is 2.38 bits per heavy atom. The van der Waals surface area contributed by atoms with Crippen molar-refractivity contribution in [3.63, 3.8) is 0 Å². The number of nitrogens with one attached hydrogen (secondary N) is 1. The lowest BCUT2D eigenvalue weighted by Gasteiger charge is -2.11. The molecule has 3 aromatic rings. The molecule has 1 heterocycles. The fraction of sp³-hybridized carbons (Fsp3) is 0.231. The maximum atomic E-state index is 12.4.